The van der Waals surface area contributed by atoms with Gasteiger partial charge in [0.1, 0.15) is 0 Å². The van der Waals surface area contributed by atoms with Crippen molar-refractivity contribution in [3.63, 3.8) is 0 Å². The standard InChI is InChI=1S/C18H26/c1-18(13-7-8-14-18)17-12-6-5-11-16(17)15-9-3-2-4-10-15/h5-6,11-12,15H,2-4,7-10,13-14H2,1H3. The molecule has 0 saturated heterocycles. The lowest BCUT2D eigenvalue weighted by molar-refractivity contribution is 0.425. The van der Waals surface area contributed by atoms with Gasteiger partial charge in [0, 0.05) is 0 Å². The lowest BCUT2D eigenvalue weighted by atomic mass is 9.73. The first-order chi connectivity index (χ1) is 8.80. The summed E-state index contributed by atoms with van der Waals surface area (Å²) in [6.45, 7) is 2.50. The Morgan fingerprint density at radius 3 is 2.28 bits per heavy atom. The smallest absolute Gasteiger partial charge is 0.00724 e. The lowest BCUT2D eigenvalue weighted by Crippen LogP contribution is -2.21. The molecule has 0 aromatic heterocycles. The van der Waals surface area contributed by atoms with E-state index in [0.29, 0.717) is 5.41 Å². The van der Waals surface area contributed by atoms with Crippen LogP contribution < -0.4 is 0 Å². The maximum atomic E-state index is 2.50. The van der Waals surface area contributed by atoms with E-state index in [4.69, 9.17) is 0 Å². The van der Waals surface area contributed by atoms with Crippen LogP contribution in [0.4, 0.5) is 0 Å². The molecule has 98 valence electrons. The van der Waals surface area contributed by atoms with E-state index in [9.17, 15) is 0 Å². The molecule has 0 N–H and O–H groups in total. The van der Waals surface area contributed by atoms with Crippen molar-refractivity contribution in [2.45, 2.75) is 76.0 Å². The van der Waals surface area contributed by atoms with Crippen LogP contribution in [0.2, 0.25) is 0 Å². The summed E-state index contributed by atoms with van der Waals surface area (Å²) in [6, 6.07) is 9.36. The van der Waals surface area contributed by atoms with Crippen molar-refractivity contribution < 1.29 is 0 Å². The molecule has 2 fully saturated rings. The highest BCUT2D eigenvalue weighted by atomic mass is 14.4. The molecule has 1 aromatic rings. The molecule has 2 aliphatic rings. The van der Waals surface area contributed by atoms with Crippen LogP contribution in [0.25, 0.3) is 0 Å². The van der Waals surface area contributed by atoms with Gasteiger partial charge in [0.25, 0.3) is 0 Å². The Kier molecular flexibility index (Phi) is 3.46. The highest BCUT2D eigenvalue weighted by Gasteiger charge is 2.33. The highest BCUT2D eigenvalue weighted by molar-refractivity contribution is 5.37. The highest BCUT2D eigenvalue weighted by Crippen LogP contribution is 2.45. The van der Waals surface area contributed by atoms with Gasteiger partial charge in [-0.3, -0.25) is 0 Å². The van der Waals surface area contributed by atoms with E-state index in [1.165, 1.54) is 57.8 Å². The Morgan fingerprint density at radius 2 is 1.56 bits per heavy atom. The lowest BCUT2D eigenvalue weighted by Gasteiger charge is -2.32. The molecule has 0 heterocycles. The summed E-state index contributed by atoms with van der Waals surface area (Å²) < 4.78 is 0. The second-order valence-electron chi connectivity index (χ2n) is 6.69. The largest absolute Gasteiger partial charge is 0.0620 e. The number of hydrogen-bond donors (Lipinski definition) is 0. The molecule has 0 bridgehead atoms. The monoisotopic (exact) mass is 242 g/mol. The zero-order valence-electron chi connectivity index (χ0n) is 11.8. The molecule has 0 amide bonds. The fraction of sp³-hybridized carbons (Fsp3) is 0.667. The summed E-state index contributed by atoms with van der Waals surface area (Å²) in [5.74, 6) is 0.854. The van der Waals surface area contributed by atoms with Gasteiger partial charge in [0.05, 0.1) is 0 Å². The molecular formula is C18H26. The van der Waals surface area contributed by atoms with E-state index < -0.39 is 0 Å². The molecule has 18 heavy (non-hydrogen) atoms. The van der Waals surface area contributed by atoms with Gasteiger partial charge in [-0.25, -0.2) is 0 Å². The Labute approximate surface area is 112 Å². The van der Waals surface area contributed by atoms with Crippen LogP contribution >= 0.6 is 0 Å². The number of rotatable bonds is 2. The molecule has 1 aromatic carbocycles. The zero-order valence-corrected chi connectivity index (χ0v) is 11.8. The molecule has 2 saturated carbocycles. The molecule has 0 unspecified atom stereocenters. The first-order valence-corrected chi connectivity index (χ1v) is 7.89. The summed E-state index contributed by atoms with van der Waals surface area (Å²) in [7, 11) is 0. The Balaban J connectivity index is 1.93. The van der Waals surface area contributed by atoms with Gasteiger partial charge in [-0.15, -0.1) is 0 Å². The van der Waals surface area contributed by atoms with Crippen LogP contribution in [0.1, 0.15) is 81.8 Å². The van der Waals surface area contributed by atoms with E-state index in [0.717, 1.165) is 5.92 Å². The summed E-state index contributed by atoms with van der Waals surface area (Å²) in [5.41, 5.74) is 3.87. The second kappa shape index (κ2) is 5.07. The molecule has 0 radical (unpaired) electrons. The average molecular weight is 242 g/mol. The maximum Gasteiger partial charge on any atom is -0.00724 e. The van der Waals surface area contributed by atoms with Crippen LogP contribution in [0, 0.1) is 0 Å². The van der Waals surface area contributed by atoms with E-state index in [-0.39, 0.29) is 0 Å². The quantitative estimate of drug-likeness (QED) is 0.636. The maximum absolute atomic E-state index is 2.50. The fourth-order valence-electron chi connectivity index (χ4n) is 4.24. The SMILES string of the molecule is CC1(c2ccccc2C2CCCCC2)CCCC1. The summed E-state index contributed by atoms with van der Waals surface area (Å²) in [5, 5.41) is 0. The number of hydrogen-bond acceptors (Lipinski definition) is 0. The van der Waals surface area contributed by atoms with Crippen molar-refractivity contribution in [2.24, 2.45) is 0 Å². The molecule has 0 aliphatic heterocycles. The minimum atomic E-state index is 0.480. The summed E-state index contributed by atoms with van der Waals surface area (Å²) in [6.07, 6.45) is 12.8. The normalized spacial score (nSPS) is 24.3. The van der Waals surface area contributed by atoms with E-state index >= 15 is 0 Å². The van der Waals surface area contributed by atoms with Gasteiger partial charge in [0.15, 0.2) is 0 Å². The minimum Gasteiger partial charge on any atom is -0.0620 e. The molecule has 0 atom stereocenters. The zero-order chi connectivity index (χ0) is 12.4. The van der Waals surface area contributed by atoms with Crippen LogP contribution in [0.5, 0.6) is 0 Å². The van der Waals surface area contributed by atoms with Gasteiger partial charge in [0.2, 0.25) is 0 Å². The van der Waals surface area contributed by atoms with Gasteiger partial charge >= 0.3 is 0 Å². The Bertz CT molecular complexity index is 392. The van der Waals surface area contributed by atoms with Crippen LogP contribution in [0.3, 0.4) is 0 Å². The van der Waals surface area contributed by atoms with Crippen LogP contribution in [-0.4, -0.2) is 0 Å². The van der Waals surface area contributed by atoms with Crippen molar-refractivity contribution in [3.05, 3.63) is 35.4 Å². The summed E-state index contributed by atoms with van der Waals surface area (Å²) >= 11 is 0. The molecule has 2 aliphatic carbocycles. The molecule has 0 heteroatoms. The third-order valence-electron chi connectivity index (χ3n) is 5.36. The third kappa shape index (κ3) is 2.22. The third-order valence-corrected chi connectivity index (χ3v) is 5.36. The molecular weight excluding hydrogens is 216 g/mol. The predicted molar refractivity (Wildman–Crippen MR) is 78.1 cm³/mol. The van der Waals surface area contributed by atoms with Gasteiger partial charge in [-0.1, -0.05) is 63.3 Å². The van der Waals surface area contributed by atoms with Gasteiger partial charge < -0.3 is 0 Å². The van der Waals surface area contributed by atoms with Gasteiger partial charge in [-0.05, 0) is 48.1 Å². The van der Waals surface area contributed by atoms with Gasteiger partial charge in [-0.2, -0.15) is 0 Å². The van der Waals surface area contributed by atoms with Crippen molar-refractivity contribution >= 4 is 0 Å². The van der Waals surface area contributed by atoms with E-state index in [1.54, 1.807) is 11.1 Å². The van der Waals surface area contributed by atoms with Crippen LogP contribution in [0.15, 0.2) is 24.3 Å². The van der Waals surface area contributed by atoms with E-state index in [1.807, 2.05) is 0 Å². The minimum absolute atomic E-state index is 0.480. The molecule has 0 spiro atoms. The second-order valence-corrected chi connectivity index (χ2v) is 6.69. The van der Waals surface area contributed by atoms with Crippen LogP contribution in [-0.2, 0) is 5.41 Å². The Morgan fingerprint density at radius 1 is 0.889 bits per heavy atom. The van der Waals surface area contributed by atoms with Crippen molar-refractivity contribution in [3.8, 4) is 0 Å². The topological polar surface area (TPSA) is 0 Å². The summed E-state index contributed by atoms with van der Waals surface area (Å²) in [4.78, 5) is 0. The van der Waals surface area contributed by atoms with Crippen molar-refractivity contribution in [1.29, 1.82) is 0 Å². The number of benzene rings is 1. The molecule has 3 rings (SSSR count). The van der Waals surface area contributed by atoms with Crippen molar-refractivity contribution in [1.82, 2.24) is 0 Å². The average Bonchev–Trinajstić information content (AvgIpc) is 2.88. The Hall–Kier alpha value is -0.780. The molecule has 0 nitrogen and oxygen atoms in total. The fourth-order valence-corrected chi connectivity index (χ4v) is 4.24. The first kappa shape index (κ1) is 12.3. The van der Waals surface area contributed by atoms with Crippen molar-refractivity contribution in [2.75, 3.05) is 0 Å². The van der Waals surface area contributed by atoms with E-state index in [2.05, 4.69) is 31.2 Å². The first-order valence-electron chi connectivity index (χ1n) is 7.89. The predicted octanol–water partition coefficient (Wildman–Crippen LogP) is 5.57.